The lowest BCUT2D eigenvalue weighted by Crippen LogP contribution is -2.14. The second-order valence-electron chi connectivity index (χ2n) is 7.10. The zero-order valence-electron chi connectivity index (χ0n) is 19.1. The molecule has 0 N–H and O–H groups in total. The molecule has 30 heavy (non-hydrogen) atoms. The number of carbonyl (C=O) groups is 2. The van der Waals surface area contributed by atoms with Gasteiger partial charge in [-0.1, -0.05) is 52.4 Å². The van der Waals surface area contributed by atoms with E-state index < -0.39 is 11.9 Å². The maximum absolute atomic E-state index is 12.5. The Morgan fingerprint density at radius 1 is 0.633 bits per heavy atom. The molecule has 1 rings (SSSR count). The molecule has 6 heteroatoms. The smallest absolute Gasteiger partial charge is 0.342 e. The van der Waals surface area contributed by atoms with E-state index in [0.717, 1.165) is 51.4 Å². The van der Waals surface area contributed by atoms with Crippen LogP contribution >= 0.6 is 0 Å². The molecule has 0 unspecified atom stereocenters. The van der Waals surface area contributed by atoms with Crippen molar-refractivity contribution in [2.45, 2.75) is 79.1 Å². The summed E-state index contributed by atoms with van der Waals surface area (Å²) < 4.78 is 22.1. The van der Waals surface area contributed by atoms with Gasteiger partial charge in [-0.05, 0) is 38.8 Å². The third-order valence-corrected chi connectivity index (χ3v) is 4.58. The van der Waals surface area contributed by atoms with Crippen LogP contribution < -0.4 is 9.47 Å². The highest BCUT2D eigenvalue weighted by molar-refractivity contribution is 5.98. The highest BCUT2D eigenvalue weighted by atomic mass is 16.5. The van der Waals surface area contributed by atoms with Gasteiger partial charge in [0.15, 0.2) is 0 Å². The fourth-order valence-corrected chi connectivity index (χ4v) is 2.96. The van der Waals surface area contributed by atoms with Crippen LogP contribution in [0.25, 0.3) is 0 Å². The Kier molecular flexibility index (Phi) is 13.4. The lowest BCUT2D eigenvalue weighted by atomic mass is 10.1. The Morgan fingerprint density at radius 2 is 1.03 bits per heavy atom. The predicted molar refractivity (Wildman–Crippen MR) is 118 cm³/mol. The Balaban J connectivity index is 3.11. The highest BCUT2D eigenvalue weighted by Crippen LogP contribution is 2.31. The second-order valence-corrected chi connectivity index (χ2v) is 7.10. The van der Waals surface area contributed by atoms with E-state index in [2.05, 4.69) is 13.8 Å². The van der Waals surface area contributed by atoms with E-state index in [9.17, 15) is 9.59 Å². The van der Waals surface area contributed by atoms with E-state index in [1.54, 1.807) is 26.0 Å². The zero-order valence-corrected chi connectivity index (χ0v) is 19.1. The van der Waals surface area contributed by atoms with Crippen LogP contribution in [0.4, 0.5) is 0 Å². The van der Waals surface area contributed by atoms with Gasteiger partial charge in [-0.15, -0.1) is 0 Å². The first-order chi connectivity index (χ1) is 14.6. The van der Waals surface area contributed by atoms with Crippen LogP contribution in [0.15, 0.2) is 12.1 Å². The second kappa shape index (κ2) is 15.6. The summed E-state index contributed by atoms with van der Waals surface area (Å²) in [5.41, 5.74) is 0.535. The van der Waals surface area contributed by atoms with Crippen molar-refractivity contribution in [3.63, 3.8) is 0 Å². The van der Waals surface area contributed by atoms with Crippen molar-refractivity contribution in [3.05, 3.63) is 23.3 Å². The average molecular weight is 423 g/mol. The summed E-state index contributed by atoms with van der Waals surface area (Å²) in [7, 11) is 0. The molecule has 1 aromatic carbocycles. The van der Waals surface area contributed by atoms with Gasteiger partial charge in [0.05, 0.1) is 26.4 Å². The Hall–Kier alpha value is -2.24. The van der Waals surface area contributed by atoms with Gasteiger partial charge in [-0.2, -0.15) is 0 Å². The fourth-order valence-electron chi connectivity index (χ4n) is 2.96. The van der Waals surface area contributed by atoms with Gasteiger partial charge in [-0.3, -0.25) is 0 Å². The van der Waals surface area contributed by atoms with Gasteiger partial charge >= 0.3 is 11.9 Å². The van der Waals surface area contributed by atoms with Gasteiger partial charge in [0, 0.05) is 0 Å². The Labute approximate surface area is 181 Å². The molecule has 0 bridgehead atoms. The summed E-state index contributed by atoms with van der Waals surface area (Å²) in [5, 5.41) is 0. The lowest BCUT2D eigenvalue weighted by molar-refractivity contribution is 0.0503. The van der Waals surface area contributed by atoms with Crippen LogP contribution in [0, 0.1) is 0 Å². The summed E-state index contributed by atoms with van der Waals surface area (Å²) in [6, 6.07) is 3.09. The molecule has 0 atom stereocenters. The summed E-state index contributed by atoms with van der Waals surface area (Å²) in [4.78, 5) is 25.0. The number of carbonyl (C=O) groups excluding carboxylic acids is 2. The van der Waals surface area contributed by atoms with Crippen LogP contribution in [0.5, 0.6) is 11.5 Å². The molecule has 0 radical (unpaired) electrons. The van der Waals surface area contributed by atoms with E-state index >= 15 is 0 Å². The van der Waals surface area contributed by atoms with Crippen molar-refractivity contribution < 1.29 is 28.5 Å². The molecular weight excluding hydrogens is 384 g/mol. The first-order valence-electron chi connectivity index (χ1n) is 11.4. The van der Waals surface area contributed by atoms with Gasteiger partial charge in [0.25, 0.3) is 0 Å². The van der Waals surface area contributed by atoms with Crippen LogP contribution in [-0.2, 0) is 9.47 Å². The van der Waals surface area contributed by atoms with E-state index in [1.165, 1.54) is 0 Å². The van der Waals surface area contributed by atoms with E-state index in [0.29, 0.717) is 24.7 Å². The zero-order chi connectivity index (χ0) is 22.2. The lowest BCUT2D eigenvalue weighted by Gasteiger charge is -2.16. The number of hydrogen-bond donors (Lipinski definition) is 0. The maximum Gasteiger partial charge on any atom is 0.342 e. The van der Waals surface area contributed by atoms with Crippen molar-refractivity contribution >= 4 is 11.9 Å². The summed E-state index contributed by atoms with van der Waals surface area (Å²) in [6.45, 7) is 9.22. The molecule has 6 nitrogen and oxygen atoms in total. The largest absolute Gasteiger partial charge is 0.493 e. The molecule has 170 valence electrons. The molecule has 0 aliphatic rings. The molecule has 0 saturated carbocycles. The fraction of sp³-hybridized carbons (Fsp3) is 0.667. The minimum Gasteiger partial charge on any atom is -0.493 e. The van der Waals surface area contributed by atoms with Gasteiger partial charge < -0.3 is 18.9 Å². The average Bonchev–Trinajstić information content (AvgIpc) is 2.74. The maximum atomic E-state index is 12.5. The third-order valence-electron chi connectivity index (χ3n) is 4.58. The Bertz CT molecular complexity index is 585. The number of esters is 2. The quantitative estimate of drug-likeness (QED) is 0.242. The van der Waals surface area contributed by atoms with Gasteiger partial charge in [0.2, 0.25) is 0 Å². The van der Waals surface area contributed by atoms with Crippen molar-refractivity contribution in [3.8, 4) is 11.5 Å². The summed E-state index contributed by atoms with van der Waals surface area (Å²) in [6.07, 6.45) is 8.38. The van der Waals surface area contributed by atoms with Crippen LogP contribution in [-0.4, -0.2) is 38.4 Å². The molecule has 0 spiro atoms. The van der Waals surface area contributed by atoms with Crippen molar-refractivity contribution in [2.24, 2.45) is 0 Å². The predicted octanol–water partition coefficient (Wildman–Crippen LogP) is 5.96. The molecule has 0 aromatic heterocycles. The minimum absolute atomic E-state index is 0.252. The molecule has 0 aliphatic heterocycles. The number of rotatable bonds is 16. The van der Waals surface area contributed by atoms with Crippen LogP contribution in [0.1, 0.15) is 99.8 Å². The number of hydrogen-bond acceptors (Lipinski definition) is 6. The van der Waals surface area contributed by atoms with Crippen LogP contribution in [0.3, 0.4) is 0 Å². The number of benzene rings is 1. The van der Waals surface area contributed by atoms with E-state index in [-0.39, 0.29) is 24.3 Å². The standard InChI is InChI=1S/C24H38O6/c1-5-9-11-13-15-29-21-17-20(24(26)28-8-4)22(30-16-14-12-10-6-2)18-19(21)23(25)27-7-3/h17-18H,5-16H2,1-4H3. The van der Waals surface area contributed by atoms with E-state index in [1.807, 2.05) is 0 Å². The SMILES string of the molecule is CCCCCCOc1cc(C(=O)OCC)c(OCCCCCC)cc1C(=O)OCC. The summed E-state index contributed by atoms with van der Waals surface area (Å²) >= 11 is 0. The highest BCUT2D eigenvalue weighted by Gasteiger charge is 2.23. The summed E-state index contributed by atoms with van der Waals surface area (Å²) in [5.74, 6) is -0.336. The number of unbranched alkanes of at least 4 members (excludes halogenated alkanes) is 6. The monoisotopic (exact) mass is 422 g/mol. The third kappa shape index (κ3) is 9.06. The minimum atomic E-state index is -0.493. The Morgan fingerprint density at radius 3 is 1.37 bits per heavy atom. The normalized spacial score (nSPS) is 10.5. The molecule has 0 heterocycles. The molecule has 0 amide bonds. The first-order valence-corrected chi connectivity index (χ1v) is 11.4. The van der Waals surface area contributed by atoms with Crippen molar-refractivity contribution in [1.82, 2.24) is 0 Å². The number of ether oxygens (including phenoxy) is 4. The first kappa shape index (κ1) is 25.8. The molecule has 0 fully saturated rings. The topological polar surface area (TPSA) is 71.1 Å². The van der Waals surface area contributed by atoms with Crippen LogP contribution in [0.2, 0.25) is 0 Å². The van der Waals surface area contributed by atoms with Crippen molar-refractivity contribution in [1.29, 1.82) is 0 Å². The molecule has 1 aromatic rings. The van der Waals surface area contributed by atoms with E-state index in [4.69, 9.17) is 18.9 Å². The van der Waals surface area contributed by atoms with Crippen molar-refractivity contribution in [2.75, 3.05) is 26.4 Å². The molecule has 0 aliphatic carbocycles. The molecular formula is C24H38O6. The van der Waals surface area contributed by atoms with Gasteiger partial charge in [-0.25, -0.2) is 9.59 Å². The van der Waals surface area contributed by atoms with Gasteiger partial charge in [0.1, 0.15) is 22.6 Å². The molecule has 0 saturated heterocycles.